The molecule has 1 unspecified atom stereocenters. The first kappa shape index (κ1) is 33.8. The quantitative estimate of drug-likeness (QED) is 0.498. The number of methoxy groups -OCH3 is 1. The lowest BCUT2D eigenvalue weighted by Crippen LogP contribution is -2.53. The maximum atomic E-state index is 12.1. The number of aliphatic carboxylic acids is 2. The molecule has 2 aliphatic rings. The molecular weight excluding hydrogens is 508 g/mol. The predicted octanol–water partition coefficient (Wildman–Crippen LogP) is 1.40. The highest BCUT2D eigenvalue weighted by atomic mass is 19.4. The molecule has 1 amide bonds. The first-order valence-corrected chi connectivity index (χ1v) is 10.8. The Balaban J connectivity index is 0.000000720. The summed E-state index contributed by atoms with van der Waals surface area (Å²) in [4.78, 5) is 36.6. The number of carbonyl (C=O) groups is 3. The van der Waals surface area contributed by atoms with Crippen molar-refractivity contribution in [2.75, 3.05) is 80.3 Å². The van der Waals surface area contributed by atoms with Crippen LogP contribution in [0.3, 0.4) is 0 Å². The normalized spacial score (nSPS) is 21.1. The fourth-order valence-corrected chi connectivity index (χ4v) is 3.50. The number of likely N-dealkylation sites (tertiary alicyclic amines) is 1. The number of likely N-dealkylation sites (N-methyl/N-ethyl adjacent to an activating group) is 1. The number of carboxylic acid groups (broad SMARTS) is 2. The highest BCUT2D eigenvalue weighted by Crippen LogP contribution is 2.33. The third kappa shape index (κ3) is 13.8. The average molecular weight is 541 g/mol. The zero-order valence-corrected chi connectivity index (χ0v) is 20.3. The minimum Gasteiger partial charge on any atom is -0.475 e. The molecule has 0 aromatic heterocycles. The van der Waals surface area contributed by atoms with E-state index < -0.39 is 24.3 Å². The largest absolute Gasteiger partial charge is 0.490 e. The topological polar surface area (TPSA) is 120 Å². The van der Waals surface area contributed by atoms with Gasteiger partial charge in [0.05, 0.1) is 13.2 Å². The van der Waals surface area contributed by atoms with Gasteiger partial charge in [-0.05, 0) is 26.9 Å². The predicted molar refractivity (Wildman–Crippen MR) is 113 cm³/mol. The van der Waals surface area contributed by atoms with E-state index in [9.17, 15) is 31.1 Å². The summed E-state index contributed by atoms with van der Waals surface area (Å²) < 4.78 is 74.4. The molecule has 0 aromatic carbocycles. The van der Waals surface area contributed by atoms with E-state index in [-0.39, 0.29) is 17.9 Å². The molecule has 0 saturated carbocycles. The van der Waals surface area contributed by atoms with Gasteiger partial charge < -0.3 is 29.5 Å². The molecule has 1 atom stereocenters. The number of piperidine rings is 1. The molecule has 2 aliphatic heterocycles. The van der Waals surface area contributed by atoms with Gasteiger partial charge in [0, 0.05) is 51.8 Å². The van der Waals surface area contributed by atoms with Crippen LogP contribution in [0.15, 0.2) is 0 Å². The summed E-state index contributed by atoms with van der Waals surface area (Å²) >= 11 is 0. The lowest BCUT2D eigenvalue weighted by atomic mass is 9.80. The van der Waals surface area contributed by atoms with E-state index in [4.69, 9.17) is 29.3 Å². The SMILES string of the molecule is COCC(=O)N1CCCC2(COCCN(CCN(C)C)C2)C1.O=C(O)C(F)(F)F.O=C(O)C(F)(F)F. The zero-order chi connectivity index (χ0) is 28.2. The molecule has 2 rings (SSSR count). The molecule has 2 N–H and O–H groups in total. The molecule has 2 saturated heterocycles. The Morgan fingerprint density at radius 1 is 1.00 bits per heavy atom. The molecule has 2 heterocycles. The molecule has 1 spiro atoms. The molecule has 212 valence electrons. The number of nitrogens with zero attached hydrogens (tertiary/aromatic N) is 3. The number of carbonyl (C=O) groups excluding carboxylic acids is 1. The van der Waals surface area contributed by atoms with E-state index >= 15 is 0 Å². The van der Waals surface area contributed by atoms with Gasteiger partial charge in [0.25, 0.3) is 0 Å². The monoisotopic (exact) mass is 541 g/mol. The fraction of sp³-hybridized carbons (Fsp3) is 0.850. The number of ether oxygens (including phenoxy) is 2. The van der Waals surface area contributed by atoms with Crippen LogP contribution in [-0.4, -0.2) is 135 Å². The van der Waals surface area contributed by atoms with Crippen molar-refractivity contribution in [3.8, 4) is 0 Å². The Bertz CT molecular complexity index is 682. The van der Waals surface area contributed by atoms with Crippen LogP contribution < -0.4 is 0 Å². The second kappa shape index (κ2) is 15.2. The van der Waals surface area contributed by atoms with Gasteiger partial charge in [-0.25, -0.2) is 9.59 Å². The molecule has 0 aromatic rings. The first-order valence-electron chi connectivity index (χ1n) is 10.8. The summed E-state index contributed by atoms with van der Waals surface area (Å²) in [5, 5.41) is 14.2. The summed E-state index contributed by atoms with van der Waals surface area (Å²) in [5.41, 5.74) is 0.0878. The summed E-state index contributed by atoms with van der Waals surface area (Å²) in [6.45, 7) is 7.52. The van der Waals surface area contributed by atoms with Gasteiger partial charge in [-0.15, -0.1) is 0 Å². The summed E-state index contributed by atoms with van der Waals surface area (Å²) in [6.07, 6.45) is -7.97. The molecule has 2 fully saturated rings. The Labute approximate surface area is 204 Å². The molecule has 0 bridgehead atoms. The lowest BCUT2D eigenvalue weighted by Gasteiger charge is -2.43. The standard InChI is InChI=1S/C16H31N3O3.2C2HF3O2/c1-17(2)7-8-18-9-10-22-14-16(12-18)5-4-6-19(13-16)15(20)11-21-3;2*3-2(4,5)1(6)7/h4-14H2,1-3H3;2*(H,6,7). The van der Waals surface area contributed by atoms with Gasteiger partial charge in [-0.2, -0.15) is 26.3 Å². The first-order chi connectivity index (χ1) is 16.4. The van der Waals surface area contributed by atoms with Crippen molar-refractivity contribution in [3.63, 3.8) is 0 Å². The van der Waals surface area contributed by atoms with E-state index in [1.54, 1.807) is 7.11 Å². The molecule has 36 heavy (non-hydrogen) atoms. The Hall–Kier alpha value is -2.17. The van der Waals surface area contributed by atoms with Crippen molar-refractivity contribution in [2.24, 2.45) is 5.41 Å². The summed E-state index contributed by atoms with van der Waals surface area (Å²) in [5.74, 6) is -5.41. The van der Waals surface area contributed by atoms with Crippen molar-refractivity contribution < 1.29 is 60.4 Å². The van der Waals surface area contributed by atoms with E-state index in [0.717, 1.165) is 65.3 Å². The van der Waals surface area contributed by atoms with E-state index in [0.29, 0.717) is 0 Å². The van der Waals surface area contributed by atoms with Crippen LogP contribution in [0, 0.1) is 5.41 Å². The Morgan fingerprint density at radius 2 is 1.53 bits per heavy atom. The number of halogens is 6. The van der Waals surface area contributed by atoms with Gasteiger partial charge in [0.15, 0.2) is 0 Å². The number of hydrogen-bond donors (Lipinski definition) is 2. The Kier molecular flexibility index (Phi) is 14.3. The number of rotatable bonds is 5. The summed E-state index contributed by atoms with van der Waals surface area (Å²) in [7, 11) is 5.79. The van der Waals surface area contributed by atoms with Crippen LogP contribution in [0.25, 0.3) is 0 Å². The third-order valence-electron chi connectivity index (χ3n) is 5.15. The average Bonchev–Trinajstić information content (AvgIpc) is 2.94. The van der Waals surface area contributed by atoms with Crippen molar-refractivity contribution in [2.45, 2.75) is 25.2 Å². The molecule has 16 heteroatoms. The number of alkyl halides is 6. The smallest absolute Gasteiger partial charge is 0.475 e. The van der Waals surface area contributed by atoms with Gasteiger partial charge in [-0.1, -0.05) is 0 Å². The van der Waals surface area contributed by atoms with E-state index in [1.165, 1.54) is 0 Å². The van der Waals surface area contributed by atoms with Crippen molar-refractivity contribution in [1.82, 2.24) is 14.7 Å². The highest BCUT2D eigenvalue weighted by molar-refractivity contribution is 5.77. The van der Waals surface area contributed by atoms with Crippen molar-refractivity contribution in [1.29, 1.82) is 0 Å². The van der Waals surface area contributed by atoms with Gasteiger partial charge in [0.2, 0.25) is 5.91 Å². The van der Waals surface area contributed by atoms with Crippen LogP contribution in [0.4, 0.5) is 26.3 Å². The van der Waals surface area contributed by atoms with Gasteiger partial charge >= 0.3 is 24.3 Å². The minimum absolute atomic E-state index is 0.0878. The van der Waals surface area contributed by atoms with Crippen LogP contribution in [0.1, 0.15) is 12.8 Å². The molecule has 10 nitrogen and oxygen atoms in total. The van der Waals surface area contributed by atoms with Crippen molar-refractivity contribution in [3.05, 3.63) is 0 Å². The van der Waals surface area contributed by atoms with Crippen LogP contribution in [0.5, 0.6) is 0 Å². The third-order valence-corrected chi connectivity index (χ3v) is 5.15. The second-order valence-electron chi connectivity index (χ2n) is 8.59. The lowest BCUT2D eigenvalue weighted by molar-refractivity contribution is -0.193. The van der Waals surface area contributed by atoms with Crippen molar-refractivity contribution >= 4 is 17.8 Å². The highest BCUT2D eigenvalue weighted by Gasteiger charge is 2.40. The second-order valence-corrected chi connectivity index (χ2v) is 8.59. The maximum absolute atomic E-state index is 12.1. The van der Waals surface area contributed by atoms with E-state index in [2.05, 4.69) is 23.9 Å². The molecule has 0 radical (unpaired) electrons. The number of carboxylic acids is 2. The fourth-order valence-electron chi connectivity index (χ4n) is 3.50. The number of hydrogen-bond acceptors (Lipinski definition) is 7. The zero-order valence-electron chi connectivity index (χ0n) is 20.3. The molecule has 0 aliphatic carbocycles. The van der Waals surface area contributed by atoms with Crippen LogP contribution >= 0.6 is 0 Å². The van der Waals surface area contributed by atoms with E-state index in [1.807, 2.05) is 4.90 Å². The van der Waals surface area contributed by atoms with Crippen LogP contribution in [-0.2, 0) is 23.9 Å². The maximum Gasteiger partial charge on any atom is 0.490 e. The summed E-state index contributed by atoms with van der Waals surface area (Å²) in [6, 6.07) is 0. The van der Waals surface area contributed by atoms with Crippen LogP contribution in [0.2, 0.25) is 0 Å². The molecular formula is C20H33F6N3O7. The van der Waals surface area contributed by atoms with Gasteiger partial charge in [0.1, 0.15) is 6.61 Å². The minimum atomic E-state index is -5.08. The Morgan fingerprint density at radius 3 is 1.97 bits per heavy atom. The van der Waals surface area contributed by atoms with Gasteiger partial charge in [-0.3, -0.25) is 9.69 Å². The number of amides is 1.